The predicted octanol–water partition coefficient (Wildman–Crippen LogP) is 1.43. The molecule has 1 unspecified atom stereocenters. The predicted molar refractivity (Wildman–Crippen MR) is 60.0 cm³/mol. The largest absolute Gasteiger partial charge is 0.479 e. The molecule has 1 rings (SSSR count). The van der Waals surface area contributed by atoms with Gasteiger partial charge in [0.15, 0.2) is 5.54 Å². The smallest absolute Gasteiger partial charge is 0.333 e. The molecule has 0 radical (unpaired) electrons. The molecule has 16 heavy (non-hydrogen) atoms. The van der Waals surface area contributed by atoms with Crippen molar-refractivity contribution in [3.05, 3.63) is 35.4 Å². The summed E-state index contributed by atoms with van der Waals surface area (Å²) in [5.41, 5.74) is 0.0517. The van der Waals surface area contributed by atoms with Gasteiger partial charge in [0.2, 0.25) is 5.91 Å². The van der Waals surface area contributed by atoms with Gasteiger partial charge in [0.25, 0.3) is 0 Å². The van der Waals surface area contributed by atoms with Gasteiger partial charge in [-0.05, 0) is 25.0 Å². The van der Waals surface area contributed by atoms with Gasteiger partial charge in [-0.25, -0.2) is 4.79 Å². The van der Waals surface area contributed by atoms with Crippen LogP contribution in [-0.2, 0) is 15.1 Å². The quantitative estimate of drug-likeness (QED) is 0.811. The van der Waals surface area contributed by atoms with Gasteiger partial charge >= 0.3 is 5.97 Å². The Balaban J connectivity index is 3.27. The monoisotopic (exact) mass is 221 g/mol. The number of aliphatic carboxylic acids is 1. The Morgan fingerprint density at radius 3 is 2.31 bits per heavy atom. The number of carbonyl (C=O) groups is 2. The van der Waals surface area contributed by atoms with Gasteiger partial charge in [-0.3, -0.25) is 4.79 Å². The minimum atomic E-state index is -1.38. The van der Waals surface area contributed by atoms with Gasteiger partial charge in [-0.1, -0.05) is 24.3 Å². The fourth-order valence-corrected chi connectivity index (χ4v) is 1.72. The lowest BCUT2D eigenvalue weighted by Gasteiger charge is -2.27. The maximum absolute atomic E-state index is 11.3. The SMILES string of the molecule is CC(=O)NC(C)(C(=O)O)c1ccccc1C. The van der Waals surface area contributed by atoms with Crippen LogP contribution >= 0.6 is 0 Å². The highest BCUT2D eigenvalue weighted by Gasteiger charge is 2.36. The van der Waals surface area contributed by atoms with Crippen molar-refractivity contribution < 1.29 is 14.7 Å². The van der Waals surface area contributed by atoms with E-state index in [4.69, 9.17) is 0 Å². The summed E-state index contributed by atoms with van der Waals surface area (Å²) in [4.78, 5) is 22.4. The van der Waals surface area contributed by atoms with Gasteiger partial charge in [0.05, 0.1) is 0 Å². The Morgan fingerprint density at radius 2 is 1.88 bits per heavy atom. The van der Waals surface area contributed by atoms with Crippen molar-refractivity contribution in [3.63, 3.8) is 0 Å². The Labute approximate surface area is 94.3 Å². The second-order valence-electron chi connectivity index (χ2n) is 3.93. The second kappa shape index (κ2) is 4.35. The molecule has 0 spiro atoms. The third-order valence-corrected chi connectivity index (χ3v) is 2.54. The molecule has 2 N–H and O–H groups in total. The van der Waals surface area contributed by atoms with E-state index in [1.807, 2.05) is 19.1 Å². The number of hydrogen-bond donors (Lipinski definition) is 2. The highest BCUT2D eigenvalue weighted by atomic mass is 16.4. The third-order valence-electron chi connectivity index (χ3n) is 2.54. The molecule has 0 bridgehead atoms. The lowest BCUT2D eigenvalue weighted by atomic mass is 9.88. The number of amides is 1. The molecule has 1 aromatic carbocycles. The van der Waals surface area contributed by atoms with E-state index in [0.717, 1.165) is 5.56 Å². The molecule has 0 aliphatic heterocycles. The maximum Gasteiger partial charge on any atom is 0.333 e. The van der Waals surface area contributed by atoms with Crippen LogP contribution in [0.25, 0.3) is 0 Å². The Kier molecular flexibility index (Phi) is 3.32. The summed E-state index contributed by atoms with van der Waals surface area (Å²) in [7, 11) is 0. The molecular formula is C12H15NO3. The van der Waals surface area contributed by atoms with Crippen LogP contribution in [0.4, 0.5) is 0 Å². The highest BCUT2D eigenvalue weighted by Crippen LogP contribution is 2.24. The van der Waals surface area contributed by atoms with E-state index in [-0.39, 0.29) is 5.91 Å². The summed E-state index contributed by atoms with van der Waals surface area (Å²) < 4.78 is 0. The van der Waals surface area contributed by atoms with Crippen LogP contribution in [-0.4, -0.2) is 17.0 Å². The summed E-state index contributed by atoms with van der Waals surface area (Å²) in [6.07, 6.45) is 0. The van der Waals surface area contributed by atoms with Crippen LogP contribution in [0.2, 0.25) is 0 Å². The van der Waals surface area contributed by atoms with E-state index in [1.165, 1.54) is 13.8 Å². The van der Waals surface area contributed by atoms with Crippen molar-refractivity contribution in [1.29, 1.82) is 0 Å². The summed E-state index contributed by atoms with van der Waals surface area (Å²) in [5, 5.41) is 11.7. The van der Waals surface area contributed by atoms with Gasteiger partial charge in [-0.15, -0.1) is 0 Å². The van der Waals surface area contributed by atoms with Crippen molar-refractivity contribution in [3.8, 4) is 0 Å². The maximum atomic E-state index is 11.3. The molecule has 4 heteroatoms. The number of benzene rings is 1. The Hall–Kier alpha value is -1.84. The van der Waals surface area contributed by atoms with Crippen molar-refractivity contribution in [1.82, 2.24) is 5.32 Å². The molecule has 0 saturated carbocycles. The van der Waals surface area contributed by atoms with E-state index >= 15 is 0 Å². The van der Waals surface area contributed by atoms with Crippen molar-refractivity contribution in [2.45, 2.75) is 26.3 Å². The molecule has 4 nitrogen and oxygen atoms in total. The topological polar surface area (TPSA) is 66.4 Å². The molecule has 0 heterocycles. The number of carboxylic acid groups (broad SMARTS) is 1. The minimum Gasteiger partial charge on any atom is -0.479 e. The average Bonchev–Trinajstić information content (AvgIpc) is 2.16. The number of hydrogen-bond acceptors (Lipinski definition) is 2. The third kappa shape index (κ3) is 2.21. The molecule has 0 aliphatic carbocycles. The molecule has 1 atom stereocenters. The first kappa shape index (κ1) is 12.2. The van der Waals surface area contributed by atoms with Crippen LogP contribution in [0.15, 0.2) is 24.3 Å². The van der Waals surface area contributed by atoms with Crippen LogP contribution < -0.4 is 5.32 Å². The molecule has 0 aromatic heterocycles. The van der Waals surface area contributed by atoms with Crippen LogP contribution in [0.3, 0.4) is 0 Å². The van der Waals surface area contributed by atoms with Crippen LogP contribution in [0.5, 0.6) is 0 Å². The molecule has 1 aromatic rings. The lowest BCUT2D eigenvalue weighted by molar-refractivity contribution is -0.147. The van der Waals surface area contributed by atoms with Crippen molar-refractivity contribution in [2.75, 3.05) is 0 Å². The van der Waals surface area contributed by atoms with E-state index in [2.05, 4.69) is 5.32 Å². The zero-order valence-electron chi connectivity index (χ0n) is 9.57. The van der Waals surface area contributed by atoms with Crippen molar-refractivity contribution >= 4 is 11.9 Å². The first-order valence-electron chi connectivity index (χ1n) is 4.96. The summed E-state index contributed by atoms with van der Waals surface area (Å²) in [6, 6.07) is 7.11. The van der Waals surface area contributed by atoms with E-state index < -0.39 is 11.5 Å². The number of rotatable bonds is 3. The molecule has 0 aliphatic rings. The first-order valence-corrected chi connectivity index (χ1v) is 4.96. The molecule has 1 amide bonds. The second-order valence-corrected chi connectivity index (χ2v) is 3.93. The summed E-state index contributed by atoms with van der Waals surface area (Å²) in [6.45, 7) is 4.61. The fraction of sp³-hybridized carbons (Fsp3) is 0.333. The van der Waals surface area contributed by atoms with E-state index in [1.54, 1.807) is 12.1 Å². The van der Waals surface area contributed by atoms with Crippen LogP contribution in [0.1, 0.15) is 25.0 Å². The molecule has 0 fully saturated rings. The normalized spacial score (nSPS) is 13.9. The van der Waals surface area contributed by atoms with Gasteiger partial charge in [0, 0.05) is 6.92 Å². The number of aryl methyl sites for hydroxylation is 1. The minimum absolute atomic E-state index is 0.367. The van der Waals surface area contributed by atoms with Gasteiger partial charge < -0.3 is 10.4 Å². The Morgan fingerprint density at radius 1 is 1.31 bits per heavy atom. The molecular weight excluding hydrogens is 206 g/mol. The standard InChI is InChI=1S/C12H15NO3/c1-8-6-4-5-7-10(8)12(3,11(15)16)13-9(2)14/h4-7H,1-3H3,(H,13,14)(H,15,16). The zero-order valence-corrected chi connectivity index (χ0v) is 9.57. The van der Waals surface area contributed by atoms with Gasteiger partial charge in [-0.2, -0.15) is 0 Å². The Bertz CT molecular complexity index is 428. The van der Waals surface area contributed by atoms with E-state index in [0.29, 0.717) is 5.56 Å². The van der Waals surface area contributed by atoms with Crippen molar-refractivity contribution in [2.24, 2.45) is 0 Å². The number of nitrogens with one attached hydrogen (secondary N) is 1. The first-order chi connectivity index (χ1) is 7.38. The summed E-state index contributed by atoms with van der Waals surface area (Å²) in [5.74, 6) is -1.44. The average molecular weight is 221 g/mol. The number of carboxylic acids is 1. The zero-order chi connectivity index (χ0) is 12.3. The van der Waals surface area contributed by atoms with E-state index in [9.17, 15) is 14.7 Å². The number of carbonyl (C=O) groups excluding carboxylic acids is 1. The molecule has 86 valence electrons. The lowest BCUT2D eigenvalue weighted by Crippen LogP contribution is -2.49. The fourth-order valence-electron chi connectivity index (χ4n) is 1.72. The molecule has 0 saturated heterocycles. The van der Waals surface area contributed by atoms with Crippen LogP contribution in [0, 0.1) is 6.92 Å². The summed E-state index contributed by atoms with van der Waals surface area (Å²) >= 11 is 0. The highest BCUT2D eigenvalue weighted by molar-refractivity contribution is 5.87. The van der Waals surface area contributed by atoms with Gasteiger partial charge in [0.1, 0.15) is 0 Å².